The van der Waals surface area contributed by atoms with Crippen LogP contribution in [-0.4, -0.2) is 66.1 Å². The topological polar surface area (TPSA) is 99.1 Å². The van der Waals surface area contributed by atoms with Gasteiger partial charge in [0.05, 0.1) is 12.1 Å². The second kappa shape index (κ2) is 7.17. The zero-order chi connectivity index (χ0) is 14.3. The van der Waals surface area contributed by atoms with E-state index < -0.39 is 23.6 Å². The van der Waals surface area contributed by atoms with E-state index in [2.05, 4.69) is 5.32 Å². The number of carboxylic acids is 1. The van der Waals surface area contributed by atoms with Gasteiger partial charge in [-0.3, -0.25) is 0 Å². The minimum Gasteiger partial charge on any atom is -0.480 e. The summed E-state index contributed by atoms with van der Waals surface area (Å²) in [5, 5.41) is 20.5. The molecule has 2 amide bonds. The Bertz CT molecular complexity index is 293. The van der Waals surface area contributed by atoms with Crippen molar-refractivity contribution in [3.8, 4) is 0 Å². The number of carboxylic acid groups (broad SMARTS) is 1. The molecule has 106 valence electrons. The van der Waals surface area contributed by atoms with Crippen LogP contribution in [0.5, 0.6) is 0 Å². The van der Waals surface area contributed by atoms with Gasteiger partial charge >= 0.3 is 12.0 Å². The van der Waals surface area contributed by atoms with Crippen LogP contribution in [0.1, 0.15) is 20.3 Å². The fraction of sp³-hybridized carbons (Fsp3) is 0.818. The van der Waals surface area contributed by atoms with Crippen molar-refractivity contribution in [2.24, 2.45) is 0 Å². The lowest BCUT2D eigenvalue weighted by atomic mass is 10.1. The van der Waals surface area contributed by atoms with Gasteiger partial charge in [-0.15, -0.1) is 0 Å². The molecule has 7 heteroatoms. The third kappa shape index (κ3) is 4.89. The van der Waals surface area contributed by atoms with Crippen molar-refractivity contribution < 1.29 is 24.5 Å². The van der Waals surface area contributed by atoms with Gasteiger partial charge in [0.1, 0.15) is 6.04 Å². The molecule has 0 radical (unpaired) electrons. The van der Waals surface area contributed by atoms with E-state index in [0.29, 0.717) is 0 Å². The van der Waals surface area contributed by atoms with E-state index in [9.17, 15) is 9.59 Å². The van der Waals surface area contributed by atoms with Crippen LogP contribution in [0.2, 0.25) is 0 Å². The van der Waals surface area contributed by atoms with Crippen molar-refractivity contribution in [3.05, 3.63) is 0 Å². The first kappa shape index (κ1) is 16.7. The van der Waals surface area contributed by atoms with Gasteiger partial charge in [-0.25, -0.2) is 9.59 Å². The fourth-order valence-corrected chi connectivity index (χ4v) is 1.12. The number of carbonyl (C=O) groups is 2. The Balaban J connectivity index is 4.55. The number of aliphatic hydroxyl groups excluding tert-OH is 1. The number of carbonyl (C=O) groups excluding carboxylic acids is 1. The highest BCUT2D eigenvalue weighted by atomic mass is 16.5. The fourth-order valence-electron chi connectivity index (χ4n) is 1.12. The number of hydrogen-bond donors (Lipinski definition) is 3. The molecule has 0 heterocycles. The average molecular weight is 262 g/mol. The highest BCUT2D eigenvalue weighted by Crippen LogP contribution is 2.11. The summed E-state index contributed by atoms with van der Waals surface area (Å²) < 4.78 is 4.78. The summed E-state index contributed by atoms with van der Waals surface area (Å²) in [4.78, 5) is 24.0. The summed E-state index contributed by atoms with van der Waals surface area (Å²) in [6.45, 7) is 3.38. The zero-order valence-corrected chi connectivity index (χ0v) is 11.3. The molecule has 0 aromatic rings. The van der Waals surface area contributed by atoms with Crippen molar-refractivity contribution in [2.45, 2.75) is 31.8 Å². The van der Waals surface area contributed by atoms with E-state index in [1.807, 2.05) is 0 Å². The third-order valence-electron chi connectivity index (χ3n) is 2.81. The molecule has 1 atom stereocenters. The quantitative estimate of drug-likeness (QED) is 0.594. The average Bonchev–Trinajstić information content (AvgIpc) is 2.32. The van der Waals surface area contributed by atoms with Crippen molar-refractivity contribution in [1.82, 2.24) is 10.2 Å². The molecule has 0 aliphatic heterocycles. The molecule has 1 unspecified atom stereocenters. The number of amides is 2. The maximum absolute atomic E-state index is 11.8. The van der Waals surface area contributed by atoms with Crippen molar-refractivity contribution in [2.75, 3.05) is 27.4 Å². The minimum atomic E-state index is -1.12. The number of urea groups is 1. The van der Waals surface area contributed by atoms with E-state index in [4.69, 9.17) is 14.9 Å². The summed E-state index contributed by atoms with van der Waals surface area (Å²) in [7, 11) is 2.96. The van der Waals surface area contributed by atoms with Crippen LogP contribution in [0.15, 0.2) is 0 Å². The number of aliphatic carboxylic acids is 1. The van der Waals surface area contributed by atoms with Crippen LogP contribution in [0.3, 0.4) is 0 Å². The Labute approximate surface area is 107 Å². The molecule has 0 aromatic heterocycles. The van der Waals surface area contributed by atoms with Crippen LogP contribution in [0, 0.1) is 0 Å². The first-order valence-corrected chi connectivity index (χ1v) is 5.63. The van der Waals surface area contributed by atoms with Gasteiger partial charge in [-0.2, -0.15) is 0 Å². The third-order valence-corrected chi connectivity index (χ3v) is 2.81. The number of nitrogens with zero attached hydrogens (tertiary/aromatic N) is 1. The Morgan fingerprint density at radius 1 is 1.44 bits per heavy atom. The number of nitrogens with one attached hydrogen (secondary N) is 1. The maximum atomic E-state index is 11.8. The predicted molar refractivity (Wildman–Crippen MR) is 65.4 cm³/mol. The van der Waals surface area contributed by atoms with Crippen LogP contribution < -0.4 is 5.32 Å². The molecule has 0 aliphatic rings. The molecule has 3 N–H and O–H groups in total. The Morgan fingerprint density at radius 2 is 2.00 bits per heavy atom. The molecule has 0 saturated heterocycles. The molecule has 0 rings (SSSR count). The molecule has 18 heavy (non-hydrogen) atoms. The lowest BCUT2D eigenvalue weighted by Gasteiger charge is -2.34. The van der Waals surface area contributed by atoms with Gasteiger partial charge in [0.15, 0.2) is 0 Å². The maximum Gasteiger partial charge on any atom is 0.326 e. The van der Waals surface area contributed by atoms with E-state index in [0.717, 1.165) is 0 Å². The van der Waals surface area contributed by atoms with Gasteiger partial charge in [-0.05, 0) is 13.8 Å². The van der Waals surface area contributed by atoms with Crippen LogP contribution >= 0.6 is 0 Å². The molecule has 0 aliphatic carbocycles. The Morgan fingerprint density at radius 3 is 2.39 bits per heavy atom. The van der Waals surface area contributed by atoms with Crippen LogP contribution in [0.25, 0.3) is 0 Å². The van der Waals surface area contributed by atoms with E-state index >= 15 is 0 Å². The molecule has 0 aromatic carbocycles. The number of aliphatic hydroxyl groups is 1. The van der Waals surface area contributed by atoms with Gasteiger partial charge < -0.3 is 25.2 Å². The smallest absolute Gasteiger partial charge is 0.326 e. The van der Waals surface area contributed by atoms with Gasteiger partial charge in [0, 0.05) is 27.2 Å². The first-order chi connectivity index (χ1) is 8.26. The molecule has 0 fully saturated rings. The summed E-state index contributed by atoms with van der Waals surface area (Å²) >= 11 is 0. The monoisotopic (exact) mass is 262 g/mol. The van der Waals surface area contributed by atoms with E-state index in [1.165, 1.54) is 19.1 Å². The highest BCUT2D eigenvalue weighted by molar-refractivity contribution is 5.82. The van der Waals surface area contributed by atoms with Crippen molar-refractivity contribution in [1.29, 1.82) is 0 Å². The Hall–Kier alpha value is -1.34. The zero-order valence-electron chi connectivity index (χ0n) is 11.3. The number of likely N-dealkylation sites (N-methyl/N-ethyl adjacent to an activating group) is 1. The summed E-state index contributed by atoms with van der Waals surface area (Å²) in [6.07, 6.45) is 0.185. The normalized spacial score (nSPS) is 12.9. The number of hydrogen-bond acceptors (Lipinski definition) is 4. The first-order valence-electron chi connectivity index (χ1n) is 5.63. The number of ether oxygens (including phenoxy) is 1. The predicted octanol–water partition coefficient (Wildman–Crippen LogP) is -0.112. The second-order valence-electron chi connectivity index (χ2n) is 4.65. The minimum absolute atomic E-state index is 0.185. The lowest BCUT2D eigenvalue weighted by molar-refractivity contribution is -0.139. The molecular formula is C11H22N2O5. The molecule has 0 saturated carbocycles. The Kier molecular flexibility index (Phi) is 6.64. The number of rotatable bonds is 7. The molecule has 0 bridgehead atoms. The summed E-state index contributed by atoms with van der Waals surface area (Å²) in [5.74, 6) is -1.12. The van der Waals surface area contributed by atoms with Crippen molar-refractivity contribution in [3.63, 3.8) is 0 Å². The molecule has 7 nitrogen and oxygen atoms in total. The van der Waals surface area contributed by atoms with Gasteiger partial charge in [0.25, 0.3) is 0 Å². The van der Waals surface area contributed by atoms with Crippen LogP contribution in [0.4, 0.5) is 4.79 Å². The SMILES string of the molecule is COCCC(NC(=O)N(C)C(C)(C)CO)C(=O)O. The molecule has 0 spiro atoms. The van der Waals surface area contributed by atoms with Crippen LogP contribution in [-0.2, 0) is 9.53 Å². The van der Waals surface area contributed by atoms with Gasteiger partial charge in [0.2, 0.25) is 0 Å². The van der Waals surface area contributed by atoms with Crippen molar-refractivity contribution >= 4 is 12.0 Å². The highest BCUT2D eigenvalue weighted by Gasteiger charge is 2.29. The second-order valence-corrected chi connectivity index (χ2v) is 4.65. The van der Waals surface area contributed by atoms with E-state index in [-0.39, 0.29) is 19.6 Å². The van der Waals surface area contributed by atoms with Gasteiger partial charge in [-0.1, -0.05) is 0 Å². The van der Waals surface area contributed by atoms with E-state index in [1.54, 1.807) is 13.8 Å². The standard InChI is InChI=1S/C11H22N2O5/c1-11(2,7-14)13(3)10(17)12-8(9(15)16)5-6-18-4/h8,14H,5-7H2,1-4H3,(H,12,17)(H,15,16). The lowest BCUT2D eigenvalue weighted by Crippen LogP contribution is -2.55. The summed E-state index contributed by atoms with van der Waals surface area (Å²) in [5.41, 5.74) is -0.756. The number of methoxy groups -OCH3 is 1. The summed E-state index contributed by atoms with van der Waals surface area (Å²) in [6, 6.07) is -1.55. The largest absolute Gasteiger partial charge is 0.480 e. The molecular weight excluding hydrogens is 240 g/mol.